The second-order valence-electron chi connectivity index (χ2n) is 8.14. The molecular formula is C23H20N6O2S. The van der Waals surface area contributed by atoms with Gasteiger partial charge < -0.3 is 14.6 Å². The summed E-state index contributed by atoms with van der Waals surface area (Å²) in [5.74, 6) is 2.33. The minimum Gasteiger partial charge on any atom is -0.371 e. The molecule has 1 saturated carbocycles. The van der Waals surface area contributed by atoms with Gasteiger partial charge in [0.2, 0.25) is 5.60 Å². The molecule has 1 aliphatic rings. The Kier molecular flexibility index (Phi) is 4.24. The lowest BCUT2D eigenvalue weighted by molar-refractivity contribution is 0.116. The minimum atomic E-state index is -1.67. The number of aromatic nitrogens is 6. The van der Waals surface area contributed by atoms with Gasteiger partial charge in [0.05, 0.1) is 16.7 Å². The van der Waals surface area contributed by atoms with Crippen LogP contribution in [0.2, 0.25) is 0 Å². The maximum absolute atomic E-state index is 12.3. The summed E-state index contributed by atoms with van der Waals surface area (Å²) in [6, 6.07) is 5.70. The zero-order valence-corrected chi connectivity index (χ0v) is 18.3. The van der Waals surface area contributed by atoms with Gasteiger partial charge in [0.25, 0.3) is 0 Å². The number of thiazole rings is 1. The van der Waals surface area contributed by atoms with E-state index in [1.807, 2.05) is 31.4 Å². The number of hydrogen-bond donors (Lipinski definition) is 2. The molecule has 4 aromatic heterocycles. The van der Waals surface area contributed by atoms with Crippen LogP contribution in [0.25, 0.3) is 22.2 Å². The van der Waals surface area contributed by atoms with E-state index >= 15 is 0 Å². The SMILES string of the molecule is Cc1noc(C)c1-c1cc(C(O)(c2ncccn2)c2nccs2)c2nc(C3CC3)[nH]c2c1. The van der Waals surface area contributed by atoms with Crippen molar-refractivity contribution in [2.24, 2.45) is 0 Å². The number of rotatable bonds is 5. The second kappa shape index (κ2) is 7.04. The maximum Gasteiger partial charge on any atom is 0.203 e. The van der Waals surface area contributed by atoms with Crippen molar-refractivity contribution in [2.45, 2.75) is 38.2 Å². The first kappa shape index (κ1) is 19.3. The zero-order valence-electron chi connectivity index (χ0n) is 17.5. The predicted molar refractivity (Wildman–Crippen MR) is 119 cm³/mol. The van der Waals surface area contributed by atoms with E-state index < -0.39 is 5.60 Å². The van der Waals surface area contributed by atoms with Crippen molar-refractivity contribution in [3.8, 4) is 11.1 Å². The number of nitrogens with zero attached hydrogens (tertiary/aromatic N) is 5. The summed E-state index contributed by atoms with van der Waals surface area (Å²) in [4.78, 5) is 21.7. The third kappa shape index (κ3) is 2.89. The van der Waals surface area contributed by atoms with Crippen LogP contribution >= 0.6 is 11.3 Å². The first-order valence-corrected chi connectivity index (χ1v) is 11.3. The monoisotopic (exact) mass is 444 g/mol. The summed E-state index contributed by atoms with van der Waals surface area (Å²) < 4.78 is 5.42. The molecule has 1 unspecified atom stereocenters. The molecule has 9 heteroatoms. The molecule has 1 fully saturated rings. The predicted octanol–water partition coefficient (Wildman–Crippen LogP) is 4.24. The summed E-state index contributed by atoms with van der Waals surface area (Å²) in [6.07, 6.45) is 7.14. The number of aliphatic hydroxyl groups is 1. The number of fused-ring (bicyclic) bond motifs is 1. The van der Waals surface area contributed by atoms with Gasteiger partial charge in [-0.2, -0.15) is 0 Å². The number of imidazole rings is 1. The van der Waals surface area contributed by atoms with Crippen molar-refractivity contribution in [3.05, 3.63) is 75.8 Å². The molecule has 8 nitrogen and oxygen atoms in total. The van der Waals surface area contributed by atoms with Crippen LogP contribution in [-0.2, 0) is 5.60 Å². The first-order valence-electron chi connectivity index (χ1n) is 10.4. The van der Waals surface area contributed by atoms with Crippen molar-refractivity contribution in [3.63, 3.8) is 0 Å². The fourth-order valence-electron chi connectivity index (χ4n) is 4.22. The molecule has 0 radical (unpaired) electrons. The molecule has 32 heavy (non-hydrogen) atoms. The van der Waals surface area contributed by atoms with Crippen LogP contribution in [0.1, 0.15) is 52.4 Å². The smallest absolute Gasteiger partial charge is 0.203 e. The van der Waals surface area contributed by atoms with E-state index in [1.165, 1.54) is 11.3 Å². The minimum absolute atomic E-state index is 0.253. The number of nitrogens with one attached hydrogen (secondary N) is 1. The lowest BCUT2D eigenvalue weighted by Crippen LogP contribution is -2.31. The van der Waals surface area contributed by atoms with Gasteiger partial charge in [0, 0.05) is 41.0 Å². The molecule has 0 bridgehead atoms. The quantitative estimate of drug-likeness (QED) is 0.417. The number of H-pyrrole nitrogens is 1. The van der Waals surface area contributed by atoms with Crippen molar-refractivity contribution in [1.29, 1.82) is 0 Å². The Morgan fingerprint density at radius 1 is 1.12 bits per heavy atom. The van der Waals surface area contributed by atoms with Gasteiger partial charge in [-0.25, -0.2) is 19.9 Å². The van der Waals surface area contributed by atoms with Crippen LogP contribution in [0, 0.1) is 13.8 Å². The van der Waals surface area contributed by atoms with Gasteiger partial charge in [0.1, 0.15) is 16.6 Å². The molecule has 1 atom stereocenters. The molecule has 160 valence electrons. The van der Waals surface area contributed by atoms with Crippen LogP contribution in [0.5, 0.6) is 0 Å². The van der Waals surface area contributed by atoms with E-state index in [0.717, 1.165) is 41.0 Å². The molecule has 5 aromatic rings. The third-order valence-electron chi connectivity index (χ3n) is 5.91. The van der Waals surface area contributed by atoms with Crippen LogP contribution in [0.15, 0.2) is 46.7 Å². The molecule has 6 rings (SSSR count). The van der Waals surface area contributed by atoms with Crippen LogP contribution < -0.4 is 0 Å². The Bertz CT molecular complexity index is 1400. The summed E-state index contributed by atoms with van der Waals surface area (Å²) >= 11 is 1.35. The lowest BCUT2D eigenvalue weighted by Gasteiger charge is -2.25. The fraction of sp³-hybridized carbons (Fsp3) is 0.261. The Morgan fingerprint density at radius 2 is 1.94 bits per heavy atom. The highest BCUT2D eigenvalue weighted by Crippen LogP contribution is 2.44. The van der Waals surface area contributed by atoms with Crippen LogP contribution in [0.4, 0.5) is 0 Å². The Labute approximate surface area is 187 Å². The van der Waals surface area contributed by atoms with Gasteiger partial charge in [-0.05, 0) is 50.5 Å². The molecule has 2 N–H and O–H groups in total. The molecule has 4 heterocycles. The molecule has 1 aromatic carbocycles. The lowest BCUT2D eigenvalue weighted by atomic mass is 9.89. The van der Waals surface area contributed by atoms with E-state index in [-0.39, 0.29) is 5.82 Å². The Morgan fingerprint density at radius 3 is 2.59 bits per heavy atom. The Balaban J connectivity index is 1.69. The first-order chi connectivity index (χ1) is 15.6. The average Bonchev–Trinajstić information content (AvgIpc) is 3.19. The summed E-state index contributed by atoms with van der Waals surface area (Å²) in [5.41, 5.74) is 2.99. The topological polar surface area (TPSA) is 114 Å². The van der Waals surface area contributed by atoms with Gasteiger partial charge >= 0.3 is 0 Å². The molecule has 0 amide bonds. The van der Waals surface area contributed by atoms with Gasteiger partial charge in [-0.1, -0.05) is 5.16 Å². The molecule has 1 aliphatic carbocycles. The van der Waals surface area contributed by atoms with Gasteiger partial charge in [-0.3, -0.25) is 0 Å². The molecule has 0 saturated heterocycles. The van der Waals surface area contributed by atoms with Crippen LogP contribution in [-0.4, -0.2) is 35.2 Å². The van der Waals surface area contributed by atoms with Crippen molar-refractivity contribution in [2.75, 3.05) is 0 Å². The number of aryl methyl sites for hydroxylation is 2. The standard InChI is InChI=1S/C23H20N6O2S/c1-12-18(13(2)31-29-12)15-10-16(19-17(11-15)27-20(28-19)14-4-5-14)23(30,22-26-8-9-32-22)21-24-6-3-7-25-21/h3,6-11,14,30H,4-5H2,1-2H3,(H,27,28). The molecule has 0 aliphatic heterocycles. The van der Waals surface area contributed by atoms with Gasteiger partial charge in [-0.15, -0.1) is 11.3 Å². The molecule has 0 spiro atoms. The number of hydrogen-bond acceptors (Lipinski definition) is 8. The van der Waals surface area contributed by atoms with Crippen molar-refractivity contribution >= 4 is 22.4 Å². The Hall–Kier alpha value is -3.43. The highest BCUT2D eigenvalue weighted by molar-refractivity contribution is 7.09. The summed E-state index contributed by atoms with van der Waals surface area (Å²) in [7, 11) is 0. The van der Waals surface area contributed by atoms with Crippen LogP contribution in [0.3, 0.4) is 0 Å². The normalized spacial score (nSPS) is 15.8. The third-order valence-corrected chi connectivity index (χ3v) is 6.79. The van der Waals surface area contributed by atoms with Crippen molar-refractivity contribution < 1.29 is 9.63 Å². The van der Waals surface area contributed by atoms with E-state index in [9.17, 15) is 5.11 Å². The number of aromatic amines is 1. The summed E-state index contributed by atoms with van der Waals surface area (Å²) in [5, 5.41) is 18.7. The highest BCUT2D eigenvalue weighted by atomic mass is 32.1. The van der Waals surface area contributed by atoms with Crippen molar-refractivity contribution in [1.82, 2.24) is 30.1 Å². The van der Waals surface area contributed by atoms with E-state index in [1.54, 1.807) is 24.7 Å². The van der Waals surface area contributed by atoms with E-state index in [0.29, 0.717) is 27.8 Å². The molecular weight excluding hydrogens is 424 g/mol. The van der Waals surface area contributed by atoms with E-state index in [4.69, 9.17) is 9.51 Å². The average molecular weight is 445 g/mol. The zero-order chi connectivity index (χ0) is 21.9. The highest BCUT2D eigenvalue weighted by Gasteiger charge is 2.42. The second-order valence-corrected chi connectivity index (χ2v) is 9.03. The maximum atomic E-state index is 12.3. The number of benzene rings is 1. The van der Waals surface area contributed by atoms with E-state index in [2.05, 4.69) is 25.1 Å². The fourth-order valence-corrected chi connectivity index (χ4v) is 4.97. The summed E-state index contributed by atoms with van der Waals surface area (Å²) in [6.45, 7) is 3.79. The largest absolute Gasteiger partial charge is 0.371 e. The van der Waals surface area contributed by atoms with Gasteiger partial charge in [0.15, 0.2) is 5.82 Å².